The van der Waals surface area contributed by atoms with Crippen molar-refractivity contribution in [3.63, 3.8) is 0 Å². The standard InChI is InChI=1S/C12H17NO2.C2H6/c14-10-12-3-1-11(2-4-12)9-13-5-7-15-8-6-13;1-2/h1-4,14H,5-10H2;1-2H3. The summed E-state index contributed by atoms with van der Waals surface area (Å²) in [5, 5.41) is 8.92. The van der Waals surface area contributed by atoms with Crippen LogP contribution in [0.25, 0.3) is 0 Å². The van der Waals surface area contributed by atoms with E-state index in [1.54, 1.807) is 0 Å². The van der Waals surface area contributed by atoms with E-state index in [-0.39, 0.29) is 6.61 Å². The topological polar surface area (TPSA) is 32.7 Å². The normalized spacial score (nSPS) is 16.2. The van der Waals surface area contributed by atoms with Gasteiger partial charge in [0.1, 0.15) is 0 Å². The summed E-state index contributed by atoms with van der Waals surface area (Å²) in [7, 11) is 0. The largest absolute Gasteiger partial charge is 0.392 e. The van der Waals surface area contributed by atoms with E-state index in [4.69, 9.17) is 9.84 Å². The van der Waals surface area contributed by atoms with Crippen LogP contribution in [0.4, 0.5) is 0 Å². The minimum atomic E-state index is 0.123. The van der Waals surface area contributed by atoms with E-state index in [1.807, 2.05) is 26.0 Å². The van der Waals surface area contributed by atoms with Crippen LogP contribution in [-0.2, 0) is 17.9 Å². The summed E-state index contributed by atoms with van der Waals surface area (Å²) in [4.78, 5) is 2.39. The van der Waals surface area contributed by atoms with Gasteiger partial charge in [0.15, 0.2) is 0 Å². The van der Waals surface area contributed by atoms with E-state index in [0.717, 1.165) is 38.4 Å². The molecule has 0 bridgehead atoms. The molecule has 0 amide bonds. The van der Waals surface area contributed by atoms with Crippen LogP contribution in [0.15, 0.2) is 24.3 Å². The SMILES string of the molecule is CC.OCc1ccc(CN2CCOCC2)cc1. The molecule has 1 aromatic carbocycles. The third kappa shape index (κ3) is 4.86. The van der Waals surface area contributed by atoms with Crippen LogP contribution in [0.5, 0.6) is 0 Å². The molecule has 0 unspecified atom stereocenters. The van der Waals surface area contributed by atoms with Gasteiger partial charge in [-0.25, -0.2) is 0 Å². The highest BCUT2D eigenvalue weighted by molar-refractivity contribution is 5.21. The van der Waals surface area contributed by atoms with Crippen molar-refractivity contribution in [2.75, 3.05) is 26.3 Å². The van der Waals surface area contributed by atoms with Crippen LogP contribution >= 0.6 is 0 Å². The second-order valence-corrected chi connectivity index (χ2v) is 3.86. The average Bonchev–Trinajstić information content (AvgIpc) is 2.43. The first-order valence-electron chi connectivity index (χ1n) is 6.37. The lowest BCUT2D eigenvalue weighted by Gasteiger charge is -2.26. The highest BCUT2D eigenvalue weighted by Crippen LogP contribution is 2.08. The molecule has 0 saturated carbocycles. The molecule has 1 fully saturated rings. The Labute approximate surface area is 104 Å². The lowest BCUT2D eigenvalue weighted by atomic mass is 10.1. The van der Waals surface area contributed by atoms with Crippen molar-refractivity contribution in [1.82, 2.24) is 4.90 Å². The maximum atomic E-state index is 8.92. The summed E-state index contributed by atoms with van der Waals surface area (Å²) in [6.07, 6.45) is 0. The predicted molar refractivity (Wildman–Crippen MR) is 69.8 cm³/mol. The fourth-order valence-corrected chi connectivity index (χ4v) is 1.77. The fourth-order valence-electron chi connectivity index (χ4n) is 1.77. The number of morpholine rings is 1. The first-order chi connectivity index (χ1) is 8.38. The van der Waals surface area contributed by atoms with Gasteiger partial charge >= 0.3 is 0 Å². The van der Waals surface area contributed by atoms with Gasteiger partial charge in [-0.1, -0.05) is 38.1 Å². The number of hydrogen-bond acceptors (Lipinski definition) is 3. The van der Waals surface area contributed by atoms with E-state index in [0.29, 0.717) is 0 Å². The van der Waals surface area contributed by atoms with E-state index < -0.39 is 0 Å². The Bertz CT molecular complexity index is 292. The van der Waals surface area contributed by atoms with Crippen molar-refractivity contribution in [3.05, 3.63) is 35.4 Å². The van der Waals surface area contributed by atoms with Crippen LogP contribution in [0.1, 0.15) is 25.0 Å². The van der Waals surface area contributed by atoms with Gasteiger partial charge in [-0.3, -0.25) is 4.90 Å². The molecule has 0 aliphatic carbocycles. The molecule has 3 nitrogen and oxygen atoms in total. The molecule has 17 heavy (non-hydrogen) atoms. The minimum absolute atomic E-state index is 0.123. The zero-order chi connectivity index (χ0) is 12.5. The second kappa shape index (κ2) is 8.23. The maximum absolute atomic E-state index is 8.92. The van der Waals surface area contributed by atoms with Gasteiger partial charge in [0, 0.05) is 19.6 Å². The van der Waals surface area contributed by atoms with Gasteiger partial charge in [0.2, 0.25) is 0 Å². The molecule has 3 heteroatoms. The molecule has 1 aromatic rings. The number of aliphatic hydroxyl groups excluding tert-OH is 1. The Kier molecular flexibility index (Phi) is 6.86. The van der Waals surface area contributed by atoms with Gasteiger partial charge in [-0.2, -0.15) is 0 Å². The van der Waals surface area contributed by atoms with Crippen molar-refractivity contribution >= 4 is 0 Å². The highest BCUT2D eigenvalue weighted by atomic mass is 16.5. The number of rotatable bonds is 3. The fraction of sp³-hybridized carbons (Fsp3) is 0.571. The van der Waals surface area contributed by atoms with E-state index in [9.17, 15) is 0 Å². The first-order valence-corrected chi connectivity index (χ1v) is 6.37. The summed E-state index contributed by atoms with van der Waals surface area (Å²) in [6.45, 7) is 8.82. The van der Waals surface area contributed by atoms with Crippen molar-refractivity contribution in [2.24, 2.45) is 0 Å². The summed E-state index contributed by atoms with van der Waals surface area (Å²) < 4.78 is 5.30. The van der Waals surface area contributed by atoms with Crippen LogP contribution in [0, 0.1) is 0 Å². The highest BCUT2D eigenvalue weighted by Gasteiger charge is 2.10. The molecule has 1 heterocycles. The molecular formula is C14H23NO2. The third-order valence-electron chi connectivity index (χ3n) is 2.72. The van der Waals surface area contributed by atoms with Crippen molar-refractivity contribution in [3.8, 4) is 0 Å². The molecule has 1 saturated heterocycles. The molecule has 0 atom stereocenters. The lowest BCUT2D eigenvalue weighted by Crippen LogP contribution is -2.35. The maximum Gasteiger partial charge on any atom is 0.0681 e. The van der Waals surface area contributed by atoms with Crippen LogP contribution in [0.2, 0.25) is 0 Å². The van der Waals surface area contributed by atoms with Gasteiger partial charge in [-0.05, 0) is 11.1 Å². The Balaban J connectivity index is 0.000000686. The number of benzene rings is 1. The number of hydrogen-bond donors (Lipinski definition) is 1. The number of nitrogens with zero attached hydrogens (tertiary/aromatic N) is 1. The quantitative estimate of drug-likeness (QED) is 0.873. The summed E-state index contributed by atoms with van der Waals surface area (Å²) >= 11 is 0. The summed E-state index contributed by atoms with van der Waals surface area (Å²) in [5.74, 6) is 0. The Morgan fingerprint density at radius 2 is 1.59 bits per heavy atom. The smallest absolute Gasteiger partial charge is 0.0681 e. The molecule has 1 aliphatic rings. The second-order valence-electron chi connectivity index (χ2n) is 3.86. The van der Waals surface area contributed by atoms with E-state index in [1.165, 1.54) is 5.56 Å². The first kappa shape index (κ1) is 14.2. The average molecular weight is 237 g/mol. The summed E-state index contributed by atoms with van der Waals surface area (Å²) in [6, 6.07) is 8.13. The lowest BCUT2D eigenvalue weighted by molar-refractivity contribution is 0.0342. The molecule has 0 aromatic heterocycles. The zero-order valence-electron chi connectivity index (χ0n) is 10.9. The molecule has 96 valence electrons. The van der Waals surface area contributed by atoms with Crippen molar-refractivity contribution < 1.29 is 9.84 Å². The Morgan fingerprint density at radius 1 is 1.06 bits per heavy atom. The predicted octanol–water partition coefficient (Wildman–Crippen LogP) is 2.04. The monoisotopic (exact) mass is 237 g/mol. The van der Waals surface area contributed by atoms with Crippen molar-refractivity contribution in [2.45, 2.75) is 27.0 Å². The van der Waals surface area contributed by atoms with Crippen LogP contribution < -0.4 is 0 Å². The van der Waals surface area contributed by atoms with E-state index in [2.05, 4.69) is 17.0 Å². The molecule has 2 rings (SSSR count). The Morgan fingerprint density at radius 3 is 2.12 bits per heavy atom. The molecule has 1 N–H and O–H groups in total. The van der Waals surface area contributed by atoms with Crippen LogP contribution in [-0.4, -0.2) is 36.3 Å². The Hall–Kier alpha value is -0.900. The van der Waals surface area contributed by atoms with Gasteiger partial charge < -0.3 is 9.84 Å². The number of aliphatic hydroxyl groups is 1. The zero-order valence-corrected chi connectivity index (χ0v) is 10.9. The van der Waals surface area contributed by atoms with E-state index >= 15 is 0 Å². The van der Waals surface area contributed by atoms with Crippen molar-refractivity contribution in [1.29, 1.82) is 0 Å². The molecule has 1 aliphatic heterocycles. The van der Waals surface area contributed by atoms with Gasteiger partial charge in [-0.15, -0.1) is 0 Å². The number of ether oxygens (including phenoxy) is 1. The summed E-state index contributed by atoms with van der Waals surface area (Å²) in [5.41, 5.74) is 2.27. The molecule has 0 spiro atoms. The minimum Gasteiger partial charge on any atom is -0.392 e. The van der Waals surface area contributed by atoms with Gasteiger partial charge in [0.05, 0.1) is 19.8 Å². The molecular weight excluding hydrogens is 214 g/mol. The van der Waals surface area contributed by atoms with Gasteiger partial charge in [0.25, 0.3) is 0 Å². The van der Waals surface area contributed by atoms with Crippen LogP contribution in [0.3, 0.4) is 0 Å². The molecule has 0 radical (unpaired) electrons. The third-order valence-corrected chi connectivity index (χ3v) is 2.72.